The third-order valence-electron chi connectivity index (χ3n) is 4.66. The van der Waals surface area contributed by atoms with Crippen LogP contribution in [0.2, 0.25) is 0 Å². The van der Waals surface area contributed by atoms with Gasteiger partial charge in [0.2, 0.25) is 0 Å². The third kappa shape index (κ3) is 3.35. The van der Waals surface area contributed by atoms with E-state index < -0.39 is 0 Å². The van der Waals surface area contributed by atoms with Crippen molar-refractivity contribution in [2.45, 2.75) is 46.2 Å². The van der Waals surface area contributed by atoms with Gasteiger partial charge in [0.1, 0.15) is 11.6 Å². The van der Waals surface area contributed by atoms with E-state index in [0.29, 0.717) is 12.0 Å². The van der Waals surface area contributed by atoms with Gasteiger partial charge in [-0.05, 0) is 57.7 Å². The number of pyridine rings is 1. The van der Waals surface area contributed by atoms with Crippen molar-refractivity contribution in [2.75, 3.05) is 13.1 Å². The molecule has 5 heteroatoms. The SMILES string of the molecule is Cc1nc(C)n(C[C@@H]2CCCN([C@H](C)c3cccnc3)C2)n1. The Labute approximate surface area is 132 Å². The molecule has 1 fully saturated rings. The zero-order chi connectivity index (χ0) is 15.5. The molecule has 0 bridgehead atoms. The summed E-state index contributed by atoms with van der Waals surface area (Å²) in [5, 5.41) is 4.51. The van der Waals surface area contributed by atoms with E-state index in [4.69, 9.17) is 0 Å². The fourth-order valence-corrected chi connectivity index (χ4v) is 3.41. The lowest BCUT2D eigenvalue weighted by Crippen LogP contribution is -2.38. The Morgan fingerprint density at radius 1 is 1.36 bits per heavy atom. The molecule has 1 saturated heterocycles. The van der Waals surface area contributed by atoms with Crippen LogP contribution in [0.1, 0.15) is 43.0 Å². The second kappa shape index (κ2) is 6.57. The van der Waals surface area contributed by atoms with E-state index in [1.807, 2.05) is 32.3 Å². The quantitative estimate of drug-likeness (QED) is 0.871. The lowest BCUT2D eigenvalue weighted by Gasteiger charge is -2.37. The predicted octanol–water partition coefficient (Wildman–Crippen LogP) is 2.76. The van der Waals surface area contributed by atoms with E-state index in [-0.39, 0.29) is 0 Å². The molecular formula is C17H25N5. The monoisotopic (exact) mass is 299 g/mol. The summed E-state index contributed by atoms with van der Waals surface area (Å²) in [4.78, 5) is 11.2. The molecule has 3 rings (SSSR count). The predicted molar refractivity (Wildman–Crippen MR) is 86.4 cm³/mol. The maximum atomic E-state index is 4.51. The van der Waals surface area contributed by atoms with Gasteiger partial charge in [0.15, 0.2) is 0 Å². The molecule has 1 aliphatic heterocycles. The van der Waals surface area contributed by atoms with Gasteiger partial charge in [0.05, 0.1) is 0 Å². The average molecular weight is 299 g/mol. The fourth-order valence-electron chi connectivity index (χ4n) is 3.41. The molecule has 0 saturated carbocycles. The molecule has 0 N–H and O–H groups in total. The van der Waals surface area contributed by atoms with Crippen LogP contribution in [-0.4, -0.2) is 37.7 Å². The summed E-state index contributed by atoms with van der Waals surface area (Å²) < 4.78 is 2.07. The maximum absolute atomic E-state index is 4.51. The molecule has 2 aromatic rings. The number of hydrogen-bond donors (Lipinski definition) is 0. The van der Waals surface area contributed by atoms with Gasteiger partial charge in [0, 0.05) is 31.5 Å². The lowest BCUT2D eigenvalue weighted by atomic mass is 9.95. The van der Waals surface area contributed by atoms with Gasteiger partial charge in [-0.1, -0.05) is 6.07 Å². The van der Waals surface area contributed by atoms with Crippen molar-refractivity contribution in [3.8, 4) is 0 Å². The highest BCUT2D eigenvalue weighted by molar-refractivity contribution is 5.13. The molecule has 3 heterocycles. The van der Waals surface area contributed by atoms with E-state index in [1.54, 1.807) is 0 Å². The van der Waals surface area contributed by atoms with Crippen LogP contribution < -0.4 is 0 Å². The van der Waals surface area contributed by atoms with Crippen LogP contribution in [0.25, 0.3) is 0 Å². The third-order valence-corrected chi connectivity index (χ3v) is 4.66. The van der Waals surface area contributed by atoms with Crippen LogP contribution in [0.3, 0.4) is 0 Å². The maximum Gasteiger partial charge on any atom is 0.147 e. The van der Waals surface area contributed by atoms with Gasteiger partial charge in [0.25, 0.3) is 0 Å². The van der Waals surface area contributed by atoms with Crippen LogP contribution >= 0.6 is 0 Å². The first-order valence-corrected chi connectivity index (χ1v) is 8.15. The normalized spacial score (nSPS) is 21.0. The Balaban J connectivity index is 1.65. The first-order chi connectivity index (χ1) is 10.6. The first-order valence-electron chi connectivity index (χ1n) is 8.15. The van der Waals surface area contributed by atoms with E-state index in [0.717, 1.165) is 24.7 Å². The number of likely N-dealkylation sites (tertiary alicyclic amines) is 1. The molecule has 118 valence electrons. The summed E-state index contributed by atoms with van der Waals surface area (Å²) in [5.41, 5.74) is 1.30. The molecule has 0 aliphatic carbocycles. The molecule has 1 aliphatic rings. The topological polar surface area (TPSA) is 46.8 Å². The Kier molecular flexibility index (Phi) is 4.52. The van der Waals surface area contributed by atoms with Crippen LogP contribution in [0.5, 0.6) is 0 Å². The van der Waals surface area contributed by atoms with Crippen LogP contribution in [-0.2, 0) is 6.54 Å². The van der Waals surface area contributed by atoms with Crippen LogP contribution in [0, 0.1) is 19.8 Å². The molecule has 2 atom stereocenters. The number of hydrogen-bond acceptors (Lipinski definition) is 4. The summed E-state index contributed by atoms with van der Waals surface area (Å²) in [5.74, 6) is 2.54. The Bertz CT molecular complexity index is 607. The zero-order valence-electron chi connectivity index (χ0n) is 13.7. The number of aromatic nitrogens is 4. The van der Waals surface area contributed by atoms with E-state index in [1.165, 1.54) is 24.9 Å². The van der Waals surface area contributed by atoms with Crippen molar-refractivity contribution in [2.24, 2.45) is 5.92 Å². The molecule has 0 aromatic carbocycles. The highest BCUT2D eigenvalue weighted by atomic mass is 15.3. The molecule has 0 spiro atoms. The highest BCUT2D eigenvalue weighted by Gasteiger charge is 2.25. The summed E-state index contributed by atoms with van der Waals surface area (Å²) in [6, 6.07) is 4.62. The second-order valence-corrected chi connectivity index (χ2v) is 6.35. The van der Waals surface area contributed by atoms with Gasteiger partial charge in [-0.15, -0.1) is 0 Å². The molecule has 2 aromatic heterocycles. The fraction of sp³-hybridized carbons (Fsp3) is 0.588. The van der Waals surface area contributed by atoms with Crippen molar-refractivity contribution in [3.63, 3.8) is 0 Å². The molecule has 0 radical (unpaired) electrons. The van der Waals surface area contributed by atoms with E-state index in [9.17, 15) is 0 Å². The van der Waals surface area contributed by atoms with Gasteiger partial charge >= 0.3 is 0 Å². The lowest BCUT2D eigenvalue weighted by molar-refractivity contribution is 0.120. The molecule has 0 unspecified atom stereocenters. The number of nitrogens with zero attached hydrogens (tertiary/aromatic N) is 5. The molecule has 22 heavy (non-hydrogen) atoms. The van der Waals surface area contributed by atoms with E-state index in [2.05, 4.69) is 37.6 Å². The highest BCUT2D eigenvalue weighted by Crippen LogP contribution is 2.27. The van der Waals surface area contributed by atoms with Crippen molar-refractivity contribution in [1.29, 1.82) is 0 Å². The molecule has 0 amide bonds. The zero-order valence-corrected chi connectivity index (χ0v) is 13.7. The minimum atomic E-state index is 0.426. The average Bonchev–Trinajstić information content (AvgIpc) is 2.85. The summed E-state index contributed by atoms with van der Waals surface area (Å²) in [7, 11) is 0. The summed E-state index contributed by atoms with van der Waals surface area (Å²) >= 11 is 0. The Hall–Kier alpha value is -1.75. The van der Waals surface area contributed by atoms with Crippen molar-refractivity contribution in [1.82, 2.24) is 24.6 Å². The standard InChI is InChI=1S/C17H25N5/c1-13(17-7-4-8-18-10-17)21-9-5-6-16(11-21)12-22-15(3)19-14(2)20-22/h4,7-8,10,13,16H,5-6,9,11-12H2,1-3H3/t13-,16-/m1/s1. The second-order valence-electron chi connectivity index (χ2n) is 6.35. The minimum absolute atomic E-state index is 0.426. The number of aryl methyl sites for hydroxylation is 2. The van der Waals surface area contributed by atoms with E-state index >= 15 is 0 Å². The Morgan fingerprint density at radius 2 is 2.23 bits per heavy atom. The van der Waals surface area contributed by atoms with Crippen LogP contribution in [0.15, 0.2) is 24.5 Å². The smallest absolute Gasteiger partial charge is 0.147 e. The van der Waals surface area contributed by atoms with Gasteiger partial charge in [-0.25, -0.2) is 9.67 Å². The number of piperidine rings is 1. The largest absolute Gasteiger partial charge is 0.296 e. The summed E-state index contributed by atoms with van der Waals surface area (Å²) in [6.07, 6.45) is 6.35. The minimum Gasteiger partial charge on any atom is -0.296 e. The molecular weight excluding hydrogens is 274 g/mol. The van der Waals surface area contributed by atoms with Gasteiger partial charge in [-0.3, -0.25) is 9.88 Å². The molecule has 5 nitrogen and oxygen atoms in total. The Morgan fingerprint density at radius 3 is 2.91 bits per heavy atom. The summed E-state index contributed by atoms with van der Waals surface area (Å²) in [6.45, 7) is 9.55. The van der Waals surface area contributed by atoms with Crippen molar-refractivity contribution < 1.29 is 0 Å². The van der Waals surface area contributed by atoms with Crippen molar-refractivity contribution in [3.05, 3.63) is 41.7 Å². The van der Waals surface area contributed by atoms with Gasteiger partial charge in [-0.2, -0.15) is 5.10 Å². The van der Waals surface area contributed by atoms with Gasteiger partial charge < -0.3 is 0 Å². The van der Waals surface area contributed by atoms with Crippen molar-refractivity contribution >= 4 is 0 Å². The van der Waals surface area contributed by atoms with Crippen LogP contribution in [0.4, 0.5) is 0 Å². The first kappa shape index (κ1) is 15.2. The number of rotatable bonds is 4.